The van der Waals surface area contributed by atoms with Crippen LogP contribution in [0.1, 0.15) is 29.3 Å². The standard InChI is InChI=1S/C14H19F3N2OS/c1-3-6-18-11-4-5-12(10(2)9-11)13(20)19-7-8-21-14(15,16)17/h4-5,9,18H,3,6-8H2,1-2H3,(H,19,20). The van der Waals surface area contributed by atoms with Crippen molar-refractivity contribution in [2.45, 2.75) is 25.8 Å². The Morgan fingerprint density at radius 1 is 1.29 bits per heavy atom. The molecule has 1 aromatic carbocycles. The molecule has 0 saturated heterocycles. The molecule has 3 nitrogen and oxygen atoms in total. The lowest BCUT2D eigenvalue weighted by Gasteiger charge is -2.11. The minimum Gasteiger partial charge on any atom is -0.385 e. The molecule has 0 aromatic heterocycles. The highest BCUT2D eigenvalue weighted by Crippen LogP contribution is 2.29. The zero-order chi connectivity index (χ0) is 15.9. The Bertz CT molecular complexity index is 478. The van der Waals surface area contributed by atoms with E-state index >= 15 is 0 Å². The molecule has 0 unspecified atom stereocenters. The van der Waals surface area contributed by atoms with Gasteiger partial charge in [-0.05, 0) is 48.9 Å². The highest BCUT2D eigenvalue weighted by atomic mass is 32.2. The van der Waals surface area contributed by atoms with Crippen LogP contribution in [0.5, 0.6) is 0 Å². The maximum atomic E-state index is 12.0. The van der Waals surface area contributed by atoms with Crippen molar-refractivity contribution in [2.24, 2.45) is 0 Å². The van der Waals surface area contributed by atoms with Gasteiger partial charge in [-0.15, -0.1) is 0 Å². The molecule has 0 radical (unpaired) electrons. The van der Waals surface area contributed by atoms with Gasteiger partial charge in [-0.25, -0.2) is 0 Å². The van der Waals surface area contributed by atoms with Gasteiger partial charge in [-0.1, -0.05) is 6.92 Å². The molecule has 0 aliphatic carbocycles. The van der Waals surface area contributed by atoms with Gasteiger partial charge in [0.1, 0.15) is 0 Å². The van der Waals surface area contributed by atoms with E-state index in [1.807, 2.05) is 6.07 Å². The van der Waals surface area contributed by atoms with Crippen molar-refractivity contribution in [1.82, 2.24) is 5.32 Å². The lowest BCUT2D eigenvalue weighted by Crippen LogP contribution is -2.27. The van der Waals surface area contributed by atoms with Gasteiger partial charge in [0.2, 0.25) is 0 Å². The summed E-state index contributed by atoms with van der Waals surface area (Å²) < 4.78 is 35.9. The fourth-order valence-corrected chi connectivity index (χ4v) is 2.16. The normalized spacial score (nSPS) is 11.3. The monoisotopic (exact) mass is 320 g/mol. The number of benzene rings is 1. The summed E-state index contributed by atoms with van der Waals surface area (Å²) in [6.07, 6.45) is 0.998. The summed E-state index contributed by atoms with van der Waals surface area (Å²) >= 11 is -0.138. The van der Waals surface area contributed by atoms with Gasteiger partial charge < -0.3 is 10.6 Å². The van der Waals surface area contributed by atoms with Crippen molar-refractivity contribution in [1.29, 1.82) is 0 Å². The first-order valence-electron chi connectivity index (χ1n) is 6.67. The molecular formula is C14H19F3N2OS. The number of carbonyl (C=O) groups is 1. The van der Waals surface area contributed by atoms with E-state index in [-0.39, 0.29) is 30.0 Å². The molecule has 1 amide bonds. The average molecular weight is 320 g/mol. The van der Waals surface area contributed by atoms with Crippen LogP contribution in [0, 0.1) is 6.92 Å². The van der Waals surface area contributed by atoms with Crippen molar-refractivity contribution in [3.05, 3.63) is 29.3 Å². The first kappa shape index (κ1) is 17.7. The van der Waals surface area contributed by atoms with E-state index < -0.39 is 5.51 Å². The topological polar surface area (TPSA) is 41.1 Å². The number of hydrogen-bond acceptors (Lipinski definition) is 3. The number of anilines is 1. The van der Waals surface area contributed by atoms with Crippen LogP contribution in [0.25, 0.3) is 0 Å². The summed E-state index contributed by atoms with van der Waals surface area (Å²) in [5.74, 6) is -0.540. The second kappa shape index (κ2) is 8.17. The molecule has 0 atom stereocenters. The van der Waals surface area contributed by atoms with Gasteiger partial charge in [-0.2, -0.15) is 13.2 Å². The van der Waals surface area contributed by atoms with E-state index in [1.165, 1.54) is 0 Å². The number of rotatable bonds is 7. The summed E-state index contributed by atoms with van der Waals surface area (Å²) in [6.45, 7) is 4.69. The molecule has 0 spiro atoms. The average Bonchev–Trinajstić information content (AvgIpc) is 2.40. The molecule has 7 heteroatoms. The second-order valence-electron chi connectivity index (χ2n) is 4.51. The number of nitrogens with one attached hydrogen (secondary N) is 2. The summed E-state index contributed by atoms with van der Waals surface area (Å²) in [6, 6.07) is 5.33. The predicted octanol–water partition coefficient (Wildman–Crippen LogP) is 3.80. The molecule has 0 heterocycles. The third-order valence-corrected chi connectivity index (χ3v) is 3.44. The van der Waals surface area contributed by atoms with Crippen LogP contribution in [0.2, 0.25) is 0 Å². The van der Waals surface area contributed by atoms with Gasteiger partial charge in [0.05, 0.1) is 0 Å². The Morgan fingerprint density at radius 3 is 2.57 bits per heavy atom. The minimum atomic E-state index is -4.26. The van der Waals surface area contributed by atoms with Crippen molar-refractivity contribution in [2.75, 3.05) is 24.2 Å². The number of amides is 1. The van der Waals surface area contributed by atoms with Crippen LogP contribution in [0.4, 0.5) is 18.9 Å². The fraction of sp³-hybridized carbons (Fsp3) is 0.500. The van der Waals surface area contributed by atoms with Crippen LogP contribution in [-0.2, 0) is 0 Å². The number of carbonyl (C=O) groups excluding carboxylic acids is 1. The van der Waals surface area contributed by atoms with Crippen molar-refractivity contribution in [3.63, 3.8) is 0 Å². The summed E-state index contributed by atoms with van der Waals surface area (Å²) in [4.78, 5) is 11.9. The molecular weight excluding hydrogens is 301 g/mol. The summed E-state index contributed by atoms with van der Waals surface area (Å²) in [5.41, 5.74) is -2.06. The fourth-order valence-electron chi connectivity index (χ4n) is 1.72. The Balaban J connectivity index is 2.50. The van der Waals surface area contributed by atoms with Gasteiger partial charge in [0.15, 0.2) is 0 Å². The lowest BCUT2D eigenvalue weighted by atomic mass is 10.1. The Hall–Kier alpha value is -1.37. The van der Waals surface area contributed by atoms with E-state index in [9.17, 15) is 18.0 Å². The van der Waals surface area contributed by atoms with Crippen molar-refractivity contribution in [3.8, 4) is 0 Å². The zero-order valence-corrected chi connectivity index (χ0v) is 12.8. The maximum Gasteiger partial charge on any atom is 0.441 e. The third-order valence-electron chi connectivity index (χ3n) is 2.70. The van der Waals surface area contributed by atoms with Crippen LogP contribution in [-0.4, -0.2) is 30.3 Å². The van der Waals surface area contributed by atoms with E-state index in [2.05, 4.69) is 17.6 Å². The second-order valence-corrected chi connectivity index (χ2v) is 5.67. The van der Waals surface area contributed by atoms with E-state index in [0.29, 0.717) is 5.56 Å². The van der Waals surface area contributed by atoms with Gasteiger partial charge in [0, 0.05) is 30.1 Å². The molecule has 1 aromatic rings. The largest absolute Gasteiger partial charge is 0.441 e. The van der Waals surface area contributed by atoms with Gasteiger partial charge >= 0.3 is 5.51 Å². The highest BCUT2D eigenvalue weighted by Gasteiger charge is 2.27. The molecule has 1 rings (SSSR count). The number of aryl methyl sites for hydroxylation is 1. The van der Waals surface area contributed by atoms with Crippen LogP contribution in [0.15, 0.2) is 18.2 Å². The summed E-state index contributed by atoms with van der Waals surface area (Å²) in [7, 11) is 0. The van der Waals surface area contributed by atoms with Crippen LogP contribution in [0.3, 0.4) is 0 Å². The van der Waals surface area contributed by atoms with E-state index in [4.69, 9.17) is 0 Å². The molecule has 0 bridgehead atoms. The lowest BCUT2D eigenvalue weighted by molar-refractivity contribution is -0.0327. The molecule has 0 aliphatic heterocycles. The smallest absolute Gasteiger partial charge is 0.385 e. The third kappa shape index (κ3) is 6.75. The number of halogens is 3. The molecule has 0 saturated carbocycles. The highest BCUT2D eigenvalue weighted by molar-refractivity contribution is 8.00. The molecule has 118 valence electrons. The number of alkyl halides is 3. The molecule has 0 fully saturated rings. The van der Waals surface area contributed by atoms with Crippen LogP contribution >= 0.6 is 11.8 Å². The first-order chi connectivity index (χ1) is 9.83. The molecule has 21 heavy (non-hydrogen) atoms. The summed E-state index contributed by atoms with van der Waals surface area (Å²) in [5, 5.41) is 5.70. The van der Waals surface area contributed by atoms with Crippen molar-refractivity contribution >= 4 is 23.4 Å². The molecule has 0 aliphatic rings. The number of hydrogen-bond donors (Lipinski definition) is 2. The molecule has 2 N–H and O–H groups in total. The minimum absolute atomic E-state index is 0.0156. The van der Waals surface area contributed by atoms with Gasteiger partial charge in [-0.3, -0.25) is 4.79 Å². The maximum absolute atomic E-state index is 12.0. The Labute approximate surface area is 126 Å². The quantitative estimate of drug-likeness (QED) is 0.751. The predicted molar refractivity (Wildman–Crippen MR) is 80.8 cm³/mol. The van der Waals surface area contributed by atoms with E-state index in [0.717, 1.165) is 24.2 Å². The zero-order valence-electron chi connectivity index (χ0n) is 12.0. The van der Waals surface area contributed by atoms with Crippen molar-refractivity contribution < 1.29 is 18.0 Å². The van der Waals surface area contributed by atoms with E-state index in [1.54, 1.807) is 19.1 Å². The van der Waals surface area contributed by atoms with Crippen LogP contribution < -0.4 is 10.6 Å². The number of thioether (sulfide) groups is 1. The SMILES string of the molecule is CCCNc1ccc(C(=O)NCCSC(F)(F)F)c(C)c1. The first-order valence-corrected chi connectivity index (χ1v) is 7.65. The van der Waals surface area contributed by atoms with Gasteiger partial charge in [0.25, 0.3) is 5.91 Å². The Morgan fingerprint density at radius 2 is 2.00 bits per heavy atom. The Kier molecular flexibility index (Phi) is 6.87.